The zero-order valence-electron chi connectivity index (χ0n) is 15.3. The number of carbonyl (C=O) groups is 2. The third-order valence-electron chi connectivity index (χ3n) is 3.77. The fourth-order valence-corrected chi connectivity index (χ4v) is 2.67. The van der Waals surface area contributed by atoms with Gasteiger partial charge in [0, 0.05) is 25.5 Å². The standard InChI is InChI=1S/C19H26F2N2O3/c1-4-5-6-19(26)22-12(2)7-18(25)17(23-13(3)24)10-14-8-15(20)11-16(21)9-14/h4-5,8-9,11-12,17-18,25H,6-7,10H2,1-3H3,(H,22,26)(H,23,24)/t12?,17-,18-/m0/s1. The van der Waals surface area contributed by atoms with Crippen LogP contribution in [0.2, 0.25) is 0 Å². The van der Waals surface area contributed by atoms with Crippen LogP contribution in [0.5, 0.6) is 0 Å². The molecule has 1 rings (SSSR count). The molecule has 2 amide bonds. The lowest BCUT2D eigenvalue weighted by Crippen LogP contribution is -2.47. The summed E-state index contributed by atoms with van der Waals surface area (Å²) >= 11 is 0. The van der Waals surface area contributed by atoms with Gasteiger partial charge in [0.2, 0.25) is 11.8 Å². The van der Waals surface area contributed by atoms with E-state index < -0.39 is 23.8 Å². The molecule has 3 N–H and O–H groups in total. The van der Waals surface area contributed by atoms with Gasteiger partial charge in [-0.1, -0.05) is 12.2 Å². The molecule has 0 heterocycles. The first-order chi connectivity index (χ1) is 12.2. The highest BCUT2D eigenvalue weighted by Crippen LogP contribution is 2.14. The van der Waals surface area contributed by atoms with Crippen molar-refractivity contribution in [1.29, 1.82) is 0 Å². The molecule has 0 saturated heterocycles. The van der Waals surface area contributed by atoms with Crippen molar-refractivity contribution in [2.75, 3.05) is 0 Å². The van der Waals surface area contributed by atoms with Crippen LogP contribution >= 0.6 is 0 Å². The van der Waals surface area contributed by atoms with Crippen LogP contribution in [0.3, 0.4) is 0 Å². The number of amides is 2. The molecule has 0 aromatic heterocycles. The van der Waals surface area contributed by atoms with E-state index in [1.807, 2.05) is 6.92 Å². The molecule has 0 bridgehead atoms. The van der Waals surface area contributed by atoms with E-state index in [0.29, 0.717) is 5.56 Å². The Kier molecular flexibility index (Phi) is 8.92. The van der Waals surface area contributed by atoms with Gasteiger partial charge in [-0.2, -0.15) is 0 Å². The molecular weight excluding hydrogens is 342 g/mol. The van der Waals surface area contributed by atoms with Crippen LogP contribution in [0.15, 0.2) is 30.4 Å². The predicted molar refractivity (Wildman–Crippen MR) is 95.3 cm³/mol. The summed E-state index contributed by atoms with van der Waals surface area (Å²) in [5, 5.41) is 15.8. The lowest BCUT2D eigenvalue weighted by Gasteiger charge is -2.26. The van der Waals surface area contributed by atoms with Crippen LogP contribution in [-0.2, 0) is 16.0 Å². The second-order valence-electron chi connectivity index (χ2n) is 6.33. The molecular formula is C19H26F2N2O3. The van der Waals surface area contributed by atoms with Crippen molar-refractivity contribution in [2.45, 2.75) is 58.2 Å². The van der Waals surface area contributed by atoms with Crippen LogP contribution in [-0.4, -0.2) is 35.1 Å². The van der Waals surface area contributed by atoms with Crippen LogP contribution in [0, 0.1) is 11.6 Å². The van der Waals surface area contributed by atoms with Gasteiger partial charge in [0.25, 0.3) is 0 Å². The molecule has 1 aromatic rings. The lowest BCUT2D eigenvalue weighted by molar-refractivity contribution is -0.122. The number of allylic oxidation sites excluding steroid dienone is 1. The number of benzene rings is 1. The van der Waals surface area contributed by atoms with E-state index in [1.54, 1.807) is 19.1 Å². The van der Waals surface area contributed by atoms with E-state index in [2.05, 4.69) is 10.6 Å². The van der Waals surface area contributed by atoms with Crippen LogP contribution in [0.4, 0.5) is 8.78 Å². The highest BCUT2D eigenvalue weighted by Gasteiger charge is 2.23. The molecule has 0 aliphatic heterocycles. The van der Waals surface area contributed by atoms with Crippen LogP contribution in [0.25, 0.3) is 0 Å². The van der Waals surface area contributed by atoms with E-state index >= 15 is 0 Å². The molecule has 26 heavy (non-hydrogen) atoms. The highest BCUT2D eigenvalue weighted by atomic mass is 19.1. The minimum absolute atomic E-state index is 0.0642. The number of carbonyl (C=O) groups excluding carboxylic acids is 2. The summed E-state index contributed by atoms with van der Waals surface area (Å²) in [5.41, 5.74) is 0.324. The molecule has 0 fully saturated rings. The number of rotatable bonds is 9. The lowest BCUT2D eigenvalue weighted by atomic mass is 9.96. The van der Waals surface area contributed by atoms with E-state index in [4.69, 9.17) is 0 Å². The number of aliphatic hydroxyl groups excluding tert-OH is 1. The van der Waals surface area contributed by atoms with Crippen molar-refractivity contribution in [3.8, 4) is 0 Å². The molecule has 144 valence electrons. The average molecular weight is 368 g/mol. The summed E-state index contributed by atoms with van der Waals surface area (Å²) in [7, 11) is 0. The Hall–Kier alpha value is -2.28. The van der Waals surface area contributed by atoms with Crippen molar-refractivity contribution in [1.82, 2.24) is 10.6 Å². The smallest absolute Gasteiger partial charge is 0.224 e. The third kappa shape index (κ3) is 8.20. The van der Waals surface area contributed by atoms with Crippen molar-refractivity contribution < 1.29 is 23.5 Å². The Morgan fingerprint density at radius 2 is 1.81 bits per heavy atom. The summed E-state index contributed by atoms with van der Waals surface area (Å²) in [6, 6.07) is 2.02. The Balaban J connectivity index is 2.74. The number of halogens is 2. The van der Waals surface area contributed by atoms with Crippen molar-refractivity contribution >= 4 is 11.8 Å². The van der Waals surface area contributed by atoms with Crippen molar-refractivity contribution in [3.05, 3.63) is 47.5 Å². The number of nitrogens with one attached hydrogen (secondary N) is 2. The third-order valence-corrected chi connectivity index (χ3v) is 3.77. The summed E-state index contributed by atoms with van der Waals surface area (Å²) in [6.45, 7) is 4.85. The predicted octanol–water partition coefficient (Wildman–Crippen LogP) is 2.23. The summed E-state index contributed by atoms with van der Waals surface area (Å²) in [6.07, 6.45) is 2.98. The summed E-state index contributed by atoms with van der Waals surface area (Å²) < 4.78 is 26.7. The SMILES string of the molecule is CC=CCC(=O)NC(C)C[C@H](O)[C@H](Cc1cc(F)cc(F)c1)NC(C)=O. The van der Waals surface area contributed by atoms with Gasteiger partial charge in [-0.15, -0.1) is 0 Å². The first-order valence-corrected chi connectivity index (χ1v) is 8.52. The van der Waals surface area contributed by atoms with Crippen molar-refractivity contribution in [2.24, 2.45) is 0 Å². The second-order valence-corrected chi connectivity index (χ2v) is 6.33. The van der Waals surface area contributed by atoms with Crippen LogP contribution in [0.1, 0.15) is 39.2 Å². The fourth-order valence-electron chi connectivity index (χ4n) is 2.67. The Morgan fingerprint density at radius 1 is 1.19 bits per heavy atom. The number of hydrogen-bond acceptors (Lipinski definition) is 3. The van der Waals surface area contributed by atoms with Gasteiger partial charge in [0.15, 0.2) is 0 Å². The average Bonchev–Trinajstić information content (AvgIpc) is 2.50. The van der Waals surface area contributed by atoms with E-state index in [1.165, 1.54) is 6.92 Å². The molecule has 1 aromatic carbocycles. The molecule has 5 nitrogen and oxygen atoms in total. The maximum Gasteiger partial charge on any atom is 0.224 e. The van der Waals surface area contributed by atoms with Gasteiger partial charge >= 0.3 is 0 Å². The van der Waals surface area contributed by atoms with Crippen molar-refractivity contribution in [3.63, 3.8) is 0 Å². The Bertz CT molecular complexity index is 629. The zero-order valence-corrected chi connectivity index (χ0v) is 15.3. The fraction of sp³-hybridized carbons (Fsp3) is 0.474. The second kappa shape index (κ2) is 10.7. The Morgan fingerprint density at radius 3 is 2.35 bits per heavy atom. The topological polar surface area (TPSA) is 78.4 Å². The monoisotopic (exact) mass is 368 g/mol. The summed E-state index contributed by atoms with van der Waals surface area (Å²) in [4.78, 5) is 23.1. The quantitative estimate of drug-likeness (QED) is 0.585. The molecule has 1 unspecified atom stereocenters. The van der Waals surface area contributed by atoms with E-state index in [0.717, 1.165) is 18.2 Å². The van der Waals surface area contributed by atoms with Gasteiger partial charge in [-0.3, -0.25) is 9.59 Å². The zero-order chi connectivity index (χ0) is 19.7. The molecule has 0 saturated carbocycles. The molecule has 3 atom stereocenters. The number of hydrogen-bond donors (Lipinski definition) is 3. The molecule has 0 aliphatic rings. The van der Waals surface area contributed by atoms with Gasteiger partial charge in [-0.05, 0) is 44.4 Å². The van der Waals surface area contributed by atoms with Gasteiger partial charge in [-0.25, -0.2) is 8.78 Å². The first-order valence-electron chi connectivity index (χ1n) is 8.52. The van der Waals surface area contributed by atoms with Crippen LogP contribution < -0.4 is 10.6 Å². The van der Waals surface area contributed by atoms with E-state index in [-0.39, 0.29) is 37.1 Å². The minimum Gasteiger partial charge on any atom is -0.391 e. The summed E-state index contributed by atoms with van der Waals surface area (Å²) in [5.74, 6) is -1.98. The minimum atomic E-state index is -0.998. The van der Waals surface area contributed by atoms with Gasteiger partial charge < -0.3 is 15.7 Å². The maximum atomic E-state index is 13.4. The highest BCUT2D eigenvalue weighted by molar-refractivity contribution is 5.77. The first kappa shape index (κ1) is 21.8. The van der Waals surface area contributed by atoms with Gasteiger partial charge in [0.05, 0.1) is 12.1 Å². The molecule has 0 spiro atoms. The van der Waals surface area contributed by atoms with E-state index in [9.17, 15) is 23.5 Å². The molecule has 0 radical (unpaired) electrons. The molecule has 0 aliphatic carbocycles. The molecule has 7 heteroatoms. The normalized spacial score (nSPS) is 14.7. The van der Waals surface area contributed by atoms with Gasteiger partial charge in [0.1, 0.15) is 11.6 Å². The Labute approximate surface area is 152 Å². The maximum absolute atomic E-state index is 13.4. The largest absolute Gasteiger partial charge is 0.391 e. The number of aliphatic hydroxyl groups is 1.